The SMILES string of the molecule is CCN(C)C(=O)CN1CCC(N2C[C@@H](COc3ccc(F)cc3)OCC2=O)CC1. The molecule has 0 N–H and O–H groups in total. The van der Waals surface area contributed by atoms with E-state index in [-0.39, 0.29) is 36.4 Å². The first-order chi connectivity index (χ1) is 14.0. The van der Waals surface area contributed by atoms with Gasteiger partial charge in [0, 0.05) is 32.7 Å². The minimum absolute atomic E-state index is 0.00303. The van der Waals surface area contributed by atoms with Crippen LogP contribution in [0.4, 0.5) is 4.39 Å². The first-order valence-corrected chi connectivity index (χ1v) is 10.2. The van der Waals surface area contributed by atoms with Gasteiger partial charge in [-0.05, 0) is 44.0 Å². The van der Waals surface area contributed by atoms with Crippen LogP contribution in [-0.4, -0.2) is 91.6 Å². The van der Waals surface area contributed by atoms with E-state index in [1.54, 1.807) is 17.0 Å². The van der Waals surface area contributed by atoms with Crippen molar-refractivity contribution in [2.75, 3.05) is 53.0 Å². The summed E-state index contributed by atoms with van der Waals surface area (Å²) in [7, 11) is 1.82. The Labute approximate surface area is 171 Å². The number of benzene rings is 1. The molecule has 160 valence electrons. The third kappa shape index (κ3) is 5.90. The monoisotopic (exact) mass is 407 g/mol. The van der Waals surface area contributed by atoms with Crippen molar-refractivity contribution in [2.24, 2.45) is 0 Å². The second-order valence-electron chi connectivity index (χ2n) is 7.66. The van der Waals surface area contributed by atoms with Crippen molar-refractivity contribution in [1.29, 1.82) is 0 Å². The molecule has 0 aromatic heterocycles. The van der Waals surface area contributed by atoms with Gasteiger partial charge >= 0.3 is 0 Å². The van der Waals surface area contributed by atoms with Gasteiger partial charge in [0.05, 0.1) is 13.1 Å². The molecule has 2 aliphatic rings. The molecule has 1 aromatic rings. The van der Waals surface area contributed by atoms with Gasteiger partial charge in [0.25, 0.3) is 0 Å². The lowest BCUT2D eigenvalue weighted by Gasteiger charge is -2.42. The van der Waals surface area contributed by atoms with Gasteiger partial charge in [0.1, 0.15) is 30.9 Å². The highest BCUT2D eigenvalue weighted by molar-refractivity contribution is 5.79. The normalized spacial score (nSPS) is 21.3. The standard InChI is InChI=1S/C21H30FN3O4/c1-3-23(2)20(26)13-24-10-8-17(9-11-24)25-12-19(29-15-21(25)27)14-28-18-6-4-16(22)5-7-18/h4-7,17,19H,3,8-15H2,1-2H3/t19-/m0/s1. The molecule has 0 bridgehead atoms. The number of rotatable bonds is 7. The molecule has 0 radical (unpaired) electrons. The van der Waals surface area contributed by atoms with Gasteiger partial charge in [-0.3, -0.25) is 14.5 Å². The largest absolute Gasteiger partial charge is 0.491 e. The number of hydrogen-bond donors (Lipinski definition) is 0. The van der Waals surface area contributed by atoms with Gasteiger partial charge in [-0.1, -0.05) is 0 Å². The van der Waals surface area contributed by atoms with Gasteiger partial charge in [-0.2, -0.15) is 0 Å². The maximum atomic E-state index is 13.0. The van der Waals surface area contributed by atoms with Crippen LogP contribution in [0.5, 0.6) is 5.75 Å². The Morgan fingerprint density at radius 1 is 1.28 bits per heavy atom. The number of likely N-dealkylation sites (N-methyl/N-ethyl adjacent to an activating group) is 1. The van der Waals surface area contributed by atoms with Gasteiger partial charge < -0.3 is 19.3 Å². The summed E-state index contributed by atoms with van der Waals surface area (Å²) in [5.74, 6) is 0.403. The molecule has 2 saturated heterocycles. The fourth-order valence-electron chi connectivity index (χ4n) is 3.70. The molecular weight excluding hydrogens is 377 g/mol. The topological polar surface area (TPSA) is 62.3 Å². The van der Waals surface area contributed by atoms with Crippen molar-refractivity contribution in [2.45, 2.75) is 31.9 Å². The fraction of sp³-hybridized carbons (Fsp3) is 0.619. The molecular formula is C21H30FN3O4. The Bertz CT molecular complexity index is 692. The second kappa shape index (κ2) is 10.0. The zero-order chi connectivity index (χ0) is 20.8. The fourth-order valence-corrected chi connectivity index (χ4v) is 3.70. The molecule has 8 heteroatoms. The van der Waals surface area contributed by atoms with Crippen LogP contribution in [0.3, 0.4) is 0 Å². The summed E-state index contributed by atoms with van der Waals surface area (Å²) >= 11 is 0. The number of amides is 2. The molecule has 2 amide bonds. The van der Waals surface area contributed by atoms with Crippen molar-refractivity contribution in [3.63, 3.8) is 0 Å². The van der Waals surface area contributed by atoms with E-state index in [2.05, 4.69) is 4.90 Å². The Morgan fingerprint density at radius 2 is 1.97 bits per heavy atom. The molecule has 2 aliphatic heterocycles. The molecule has 0 unspecified atom stereocenters. The average molecular weight is 407 g/mol. The van der Waals surface area contributed by atoms with Crippen LogP contribution in [0.1, 0.15) is 19.8 Å². The Hall–Kier alpha value is -2.19. The number of morpholine rings is 1. The molecule has 3 rings (SSSR count). The van der Waals surface area contributed by atoms with E-state index in [0.29, 0.717) is 32.0 Å². The summed E-state index contributed by atoms with van der Waals surface area (Å²) in [6.07, 6.45) is 1.48. The molecule has 0 spiro atoms. The van der Waals surface area contributed by atoms with Crippen LogP contribution >= 0.6 is 0 Å². The van der Waals surface area contributed by atoms with Gasteiger partial charge in [0.2, 0.25) is 11.8 Å². The van der Waals surface area contributed by atoms with E-state index in [1.807, 2.05) is 18.9 Å². The van der Waals surface area contributed by atoms with Crippen molar-refractivity contribution in [3.8, 4) is 5.75 Å². The Morgan fingerprint density at radius 3 is 2.62 bits per heavy atom. The predicted molar refractivity (Wildman–Crippen MR) is 106 cm³/mol. The summed E-state index contributed by atoms with van der Waals surface area (Å²) in [6.45, 7) is 5.56. The van der Waals surface area contributed by atoms with Crippen LogP contribution in [-0.2, 0) is 14.3 Å². The molecule has 1 aromatic carbocycles. The molecule has 2 fully saturated rings. The molecule has 1 atom stereocenters. The van der Waals surface area contributed by atoms with Crippen molar-refractivity contribution < 1.29 is 23.5 Å². The first-order valence-electron chi connectivity index (χ1n) is 10.2. The zero-order valence-electron chi connectivity index (χ0n) is 17.2. The van der Waals surface area contributed by atoms with Gasteiger partial charge in [-0.25, -0.2) is 4.39 Å². The van der Waals surface area contributed by atoms with E-state index in [9.17, 15) is 14.0 Å². The Balaban J connectivity index is 1.46. The summed E-state index contributed by atoms with van der Waals surface area (Å²) in [5.41, 5.74) is 0. The van der Waals surface area contributed by atoms with Crippen LogP contribution in [0, 0.1) is 5.82 Å². The number of piperidine rings is 1. The number of carbonyl (C=O) groups is 2. The third-order valence-corrected chi connectivity index (χ3v) is 5.67. The first kappa shape index (κ1) is 21.5. The Kier molecular flexibility index (Phi) is 7.44. The van der Waals surface area contributed by atoms with Crippen molar-refractivity contribution >= 4 is 11.8 Å². The number of nitrogens with zero attached hydrogens (tertiary/aromatic N) is 3. The maximum absolute atomic E-state index is 13.0. The summed E-state index contributed by atoms with van der Waals surface area (Å²) in [5, 5.41) is 0. The molecule has 7 nitrogen and oxygen atoms in total. The van der Waals surface area contributed by atoms with Gasteiger partial charge in [0.15, 0.2) is 0 Å². The number of hydrogen-bond acceptors (Lipinski definition) is 5. The van der Waals surface area contributed by atoms with E-state index in [4.69, 9.17) is 9.47 Å². The third-order valence-electron chi connectivity index (χ3n) is 5.67. The van der Waals surface area contributed by atoms with Crippen LogP contribution in [0.2, 0.25) is 0 Å². The number of carbonyl (C=O) groups excluding carboxylic acids is 2. The summed E-state index contributed by atoms with van der Waals surface area (Å²) in [6, 6.07) is 6.02. The van der Waals surface area contributed by atoms with Crippen molar-refractivity contribution in [1.82, 2.24) is 14.7 Å². The zero-order valence-corrected chi connectivity index (χ0v) is 17.2. The number of likely N-dealkylation sites (tertiary alicyclic amines) is 1. The van der Waals surface area contributed by atoms with Crippen molar-refractivity contribution in [3.05, 3.63) is 30.1 Å². The second-order valence-corrected chi connectivity index (χ2v) is 7.66. The lowest BCUT2D eigenvalue weighted by atomic mass is 10.0. The predicted octanol–water partition coefficient (Wildman–Crippen LogP) is 1.37. The smallest absolute Gasteiger partial charge is 0.248 e. The highest BCUT2D eigenvalue weighted by Crippen LogP contribution is 2.21. The maximum Gasteiger partial charge on any atom is 0.248 e. The molecule has 0 saturated carbocycles. The lowest BCUT2D eigenvalue weighted by Crippen LogP contribution is -2.56. The van der Waals surface area contributed by atoms with Crippen LogP contribution in [0.15, 0.2) is 24.3 Å². The number of ether oxygens (including phenoxy) is 2. The van der Waals surface area contributed by atoms with E-state index >= 15 is 0 Å². The van der Waals surface area contributed by atoms with E-state index in [1.165, 1.54) is 12.1 Å². The number of halogens is 1. The van der Waals surface area contributed by atoms with Crippen LogP contribution in [0.25, 0.3) is 0 Å². The molecule has 29 heavy (non-hydrogen) atoms. The van der Waals surface area contributed by atoms with Gasteiger partial charge in [-0.15, -0.1) is 0 Å². The highest BCUT2D eigenvalue weighted by Gasteiger charge is 2.34. The van der Waals surface area contributed by atoms with E-state index < -0.39 is 0 Å². The molecule has 2 heterocycles. The van der Waals surface area contributed by atoms with E-state index in [0.717, 1.165) is 25.9 Å². The highest BCUT2D eigenvalue weighted by atomic mass is 19.1. The lowest BCUT2D eigenvalue weighted by molar-refractivity contribution is -0.155. The molecule has 0 aliphatic carbocycles. The quantitative estimate of drug-likeness (QED) is 0.683. The minimum Gasteiger partial charge on any atom is -0.491 e. The summed E-state index contributed by atoms with van der Waals surface area (Å²) in [4.78, 5) is 30.3. The summed E-state index contributed by atoms with van der Waals surface area (Å²) < 4.78 is 24.3. The van der Waals surface area contributed by atoms with Crippen LogP contribution < -0.4 is 4.74 Å². The average Bonchev–Trinajstić information content (AvgIpc) is 2.74. The minimum atomic E-state index is -0.308.